The fraction of sp³-hybridized carbons (Fsp3) is 0.111. The Labute approximate surface area is 103 Å². The molecule has 0 radical (unpaired) electrons. The van der Waals surface area contributed by atoms with Crippen molar-refractivity contribution in [1.82, 2.24) is 0 Å². The zero-order valence-electron chi connectivity index (χ0n) is 6.49. The first-order valence-corrected chi connectivity index (χ1v) is 3.99. The van der Waals surface area contributed by atoms with Gasteiger partial charge in [-0.3, -0.25) is 6.08 Å². The Kier molecular flexibility index (Phi) is 14.1. The second kappa shape index (κ2) is 11.4. The predicted molar refractivity (Wildman–Crippen MR) is 52.0 cm³/mol. The summed E-state index contributed by atoms with van der Waals surface area (Å²) in [7, 11) is 0. The summed E-state index contributed by atoms with van der Waals surface area (Å²) >= 11 is 1.59. The summed E-state index contributed by atoms with van der Waals surface area (Å²) < 4.78 is 0. The molecular formula is C9H9ClSZr. The molecule has 12 heavy (non-hydrogen) atoms. The average molecular weight is 276 g/mol. The van der Waals surface area contributed by atoms with Crippen LogP contribution in [0.4, 0.5) is 0 Å². The molecule has 0 amide bonds. The summed E-state index contributed by atoms with van der Waals surface area (Å²) in [6, 6.07) is 3.86. The second-order valence-corrected chi connectivity index (χ2v) is 2.48. The van der Waals surface area contributed by atoms with Crippen molar-refractivity contribution in [2.75, 3.05) is 0 Å². The van der Waals surface area contributed by atoms with Crippen molar-refractivity contribution in [3.8, 4) is 0 Å². The Morgan fingerprint density at radius 2 is 2.17 bits per heavy atom. The molecule has 1 heterocycles. The first-order valence-electron chi connectivity index (χ1n) is 3.11. The maximum atomic E-state index is 2.99. The van der Waals surface area contributed by atoms with E-state index in [0.717, 1.165) is 6.42 Å². The number of allylic oxidation sites excluding steroid dienone is 4. The molecular weight excluding hydrogens is 267 g/mol. The quantitative estimate of drug-likeness (QED) is 0.638. The number of thiophene rings is 1. The van der Waals surface area contributed by atoms with Crippen molar-refractivity contribution in [2.24, 2.45) is 0 Å². The van der Waals surface area contributed by atoms with Gasteiger partial charge in [0, 0.05) is 0 Å². The van der Waals surface area contributed by atoms with E-state index in [1.165, 1.54) is 0 Å². The van der Waals surface area contributed by atoms with Gasteiger partial charge in [0.15, 0.2) is 0 Å². The molecule has 2 rings (SSSR count). The first-order chi connectivity index (χ1) is 5.00. The Balaban J connectivity index is 0. The molecule has 1 aromatic heterocycles. The molecule has 62 valence electrons. The number of rotatable bonds is 0. The van der Waals surface area contributed by atoms with E-state index in [1.807, 2.05) is 29.7 Å². The molecule has 3 heteroatoms. The maximum absolute atomic E-state index is 2.99. The fourth-order valence-electron chi connectivity index (χ4n) is 0.537. The third-order valence-corrected chi connectivity index (χ3v) is 1.53. The summed E-state index contributed by atoms with van der Waals surface area (Å²) in [4.78, 5) is 0. The van der Waals surface area contributed by atoms with Crippen molar-refractivity contribution in [1.29, 1.82) is 0 Å². The van der Waals surface area contributed by atoms with Gasteiger partial charge < -0.3 is 11.3 Å². The summed E-state index contributed by atoms with van der Waals surface area (Å²) in [5, 5.41) is 4.89. The van der Waals surface area contributed by atoms with Gasteiger partial charge in [0.05, 0.1) is 0 Å². The van der Waals surface area contributed by atoms with Crippen LogP contribution in [0.2, 0.25) is 0 Å². The Hall–Kier alpha value is 0.353. The van der Waals surface area contributed by atoms with Crippen LogP contribution in [0.1, 0.15) is 6.42 Å². The van der Waals surface area contributed by atoms with Crippen LogP contribution in [0.3, 0.4) is 0 Å². The van der Waals surface area contributed by atoms with E-state index in [2.05, 4.69) is 17.5 Å². The van der Waals surface area contributed by atoms with E-state index >= 15 is 0 Å². The third-order valence-electron chi connectivity index (χ3n) is 0.965. The van der Waals surface area contributed by atoms with E-state index < -0.39 is 0 Å². The van der Waals surface area contributed by atoms with Crippen molar-refractivity contribution in [3.05, 3.63) is 47.2 Å². The van der Waals surface area contributed by atoms with Crippen molar-refractivity contribution < 1.29 is 26.2 Å². The standard InChI is InChI=1S/C5H5.C4H3S.ClH.Zr/c2*1-2-4-5-3-1;;/h1-3H,4H2;1-3H;1H;/q2*-1;;+2. The third kappa shape index (κ3) is 8.45. The Morgan fingerprint density at radius 3 is 2.33 bits per heavy atom. The number of hydrogen-bond donors (Lipinski definition) is 0. The minimum Gasteiger partial charge on any atom is -0.304 e. The minimum atomic E-state index is 0. The van der Waals surface area contributed by atoms with E-state index in [9.17, 15) is 0 Å². The topological polar surface area (TPSA) is 0 Å². The molecule has 0 nitrogen and oxygen atoms in total. The molecule has 0 saturated heterocycles. The van der Waals surface area contributed by atoms with Crippen LogP contribution < -0.4 is 0 Å². The summed E-state index contributed by atoms with van der Waals surface area (Å²) in [5.41, 5.74) is 0. The molecule has 0 N–H and O–H groups in total. The SMILES string of the molecule is Cl.[C-]1=CC=CC1.[Zr+2].[c-]1cccs1. The molecule has 0 aliphatic heterocycles. The van der Waals surface area contributed by atoms with E-state index in [4.69, 9.17) is 0 Å². The van der Waals surface area contributed by atoms with Crippen LogP contribution in [0.5, 0.6) is 0 Å². The molecule has 0 atom stereocenters. The smallest absolute Gasteiger partial charge is 0.304 e. The number of hydrogen-bond acceptors (Lipinski definition) is 1. The van der Waals surface area contributed by atoms with Crippen LogP contribution in [0, 0.1) is 11.5 Å². The number of halogens is 1. The molecule has 0 unspecified atom stereocenters. The summed E-state index contributed by atoms with van der Waals surface area (Å²) in [5.74, 6) is 0. The van der Waals surface area contributed by atoms with Gasteiger partial charge in [0.1, 0.15) is 0 Å². The molecule has 0 bridgehead atoms. The Bertz CT molecular complexity index is 177. The predicted octanol–water partition coefficient (Wildman–Crippen LogP) is 3.27. The normalized spacial score (nSPS) is 10.7. The summed E-state index contributed by atoms with van der Waals surface area (Å²) in [6.07, 6.45) is 10.0. The van der Waals surface area contributed by atoms with Gasteiger partial charge in [0.2, 0.25) is 0 Å². The zero-order valence-corrected chi connectivity index (χ0v) is 10.6. The van der Waals surface area contributed by atoms with Gasteiger partial charge in [0.25, 0.3) is 0 Å². The van der Waals surface area contributed by atoms with Crippen molar-refractivity contribution in [2.45, 2.75) is 6.42 Å². The van der Waals surface area contributed by atoms with Gasteiger partial charge in [-0.1, -0.05) is 0 Å². The van der Waals surface area contributed by atoms with Crippen LogP contribution in [-0.2, 0) is 26.2 Å². The van der Waals surface area contributed by atoms with Crippen LogP contribution in [0.25, 0.3) is 0 Å². The largest absolute Gasteiger partial charge is 2.00 e. The average Bonchev–Trinajstić information content (AvgIpc) is 2.67. The molecule has 0 spiro atoms. The van der Waals surface area contributed by atoms with E-state index in [0.29, 0.717) is 0 Å². The van der Waals surface area contributed by atoms with E-state index in [-0.39, 0.29) is 38.6 Å². The molecule has 0 saturated carbocycles. The van der Waals surface area contributed by atoms with Gasteiger partial charge in [-0.15, -0.1) is 24.2 Å². The van der Waals surface area contributed by atoms with E-state index in [1.54, 1.807) is 11.3 Å². The van der Waals surface area contributed by atoms with Gasteiger partial charge >= 0.3 is 26.2 Å². The fourth-order valence-corrected chi connectivity index (χ4v) is 0.929. The van der Waals surface area contributed by atoms with Crippen LogP contribution >= 0.6 is 23.7 Å². The molecule has 0 fully saturated rings. The minimum absolute atomic E-state index is 0. The monoisotopic (exact) mass is 274 g/mol. The maximum Gasteiger partial charge on any atom is 2.00 e. The molecule has 1 aliphatic carbocycles. The van der Waals surface area contributed by atoms with Gasteiger partial charge in [-0.2, -0.15) is 17.5 Å². The van der Waals surface area contributed by atoms with Crippen LogP contribution in [0.15, 0.2) is 35.7 Å². The second-order valence-electron chi connectivity index (χ2n) is 1.73. The molecule has 0 aromatic carbocycles. The van der Waals surface area contributed by atoms with Crippen LogP contribution in [-0.4, -0.2) is 0 Å². The first kappa shape index (κ1) is 14.9. The van der Waals surface area contributed by atoms with Gasteiger partial charge in [-0.05, 0) is 0 Å². The Morgan fingerprint density at radius 1 is 1.33 bits per heavy atom. The zero-order chi connectivity index (χ0) is 7.07. The summed E-state index contributed by atoms with van der Waals surface area (Å²) in [6.45, 7) is 0. The molecule has 1 aromatic rings. The van der Waals surface area contributed by atoms with Gasteiger partial charge in [-0.25, -0.2) is 18.2 Å². The van der Waals surface area contributed by atoms with Crippen molar-refractivity contribution in [3.63, 3.8) is 0 Å². The molecule has 1 aliphatic rings. The van der Waals surface area contributed by atoms with Crippen molar-refractivity contribution >= 4 is 23.7 Å².